The lowest BCUT2D eigenvalue weighted by Gasteiger charge is -2.28. The summed E-state index contributed by atoms with van der Waals surface area (Å²) in [4.78, 5) is 30.7. The number of aryl methyl sites for hydroxylation is 1. The van der Waals surface area contributed by atoms with Gasteiger partial charge >= 0.3 is 0 Å². The van der Waals surface area contributed by atoms with Crippen molar-refractivity contribution in [3.8, 4) is 5.75 Å². The number of aliphatic hydroxyl groups excluding tert-OH is 1. The minimum atomic E-state index is -0.827. The zero-order chi connectivity index (χ0) is 20.8. The first-order valence-electron chi connectivity index (χ1n) is 9.48. The Kier molecular flexibility index (Phi) is 7.08. The highest BCUT2D eigenvalue weighted by atomic mass is 19.1. The van der Waals surface area contributed by atoms with Crippen LogP contribution in [0, 0.1) is 5.82 Å². The zero-order valence-electron chi connectivity index (χ0n) is 16.0. The molecule has 9 heteroatoms. The summed E-state index contributed by atoms with van der Waals surface area (Å²) in [5.74, 6) is -1.57. The number of β-amino-alcohol motifs (C(OH)–C–C–N with tert-alkyl or cyclic N) is 1. The molecule has 1 aromatic heterocycles. The zero-order valence-corrected chi connectivity index (χ0v) is 16.0. The van der Waals surface area contributed by atoms with E-state index in [4.69, 9.17) is 4.74 Å². The number of morpholine rings is 1. The van der Waals surface area contributed by atoms with Gasteiger partial charge in [0.25, 0.3) is 5.56 Å². The van der Waals surface area contributed by atoms with Gasteiger partial charge in [-0.25, -0.2) is 9.37 Å². The van der Waals surface area contributed by atoms with E-state index in [0.717, 1.165) is 16.5 Å². The third kappa shape index (κ3) is 5.69. The second kappa shape index (κ2) is 9.73. The Labute approximate surface area is 167 Å². The van der Waals surface area contributed by atoms with Crippen LogP contribution in [0.4, 0.5) is 4.39 Å². The maximum absolute atomic E-state index is 12.9. The van der Waals surface area contributed by atoms with Crippen LogP contribution in [-0.4, -0.2) is 69.4 Å². The number of hydrogen-bond donors (Lipinski definition) is 2. The number of aliphatic hydroxyl groups is 1. The third-order valence-corrected chi connectivity index (χ3v) is 4.81. The van der Waals surface area contributed by atoms with Crippen LogP contribution in [-0.2, 0) is 17.7 Å². The number of aromatic nitrogens is 2. The molecule has 1 aliphatic heterocycles. The van der Waals surface area contributed by atoms with E-state index in [1.165, 1.54) is 12.1 Å². The Balaban J connectivity index is 1.61. The third-order valence-electron chi connectivity index (χ3n) is 4.81. The summed E-state index contributed by atoms with van der Waals surface area (Å²) >= 11 is 0. The Bertz CT molecular complexity index is 894. The fraction of sp³-hybridized carbons (Fsp3) is 0.450. The summed E-state index contributed by atoms with van der Waals surface area (Å²) in [7, 11) is 0. The van der Waals surface area contributed by atoms with E-state index in [1.54, 1.807) is 12.1 Å². The molecule has 2 heterocycles. The molecule has 8 nitrogen and oxygen atoms in total. The Morgan fingerprint density at radius 2 is 1.90 bits per heavy atom. The van der Waals surface area contributed by atoms with Crippen molar-refractivity contribution in [1.29, 1.82) is 0 Å². The monoisotopic (exact) mass is 405 g/mol. The highest BCUT2D eigenvalue weighted by molar-refractivity contribution is 5.96. The van der Waals surface area contributed by atoms with Gasteiger partial charge in [0, 0.05) is 26.1 Å². The summed E-state index contributed by atoms with van der Waals surface area (Å²) in [6.07, 6.45) is 0.694. The standard InChI is InChI=1S/C20H24FN3O5/c21-15-4-1-14(2-5-15)3-6-17(26)18-19(27)20(28)24(13-22-18)12-16(25)11-23-7-9-29-10-8-23/h1-2,4-5,13,16,25,27H,3,6-12H2. The minimum absolute atomic E-state index is 0.0231. The smallest absolute Gasteiger partial charge is 0.296 e. The topological polar surface area (TPSA) is 105 Å². The van der Waals surface area contributed by atoms with Crippen LogP contribution in [0.3, 0.4) is 0 Å². The summed E-state index contributed by atoms with van der Waals surface area (Å²) in [5, 5.41) is 20.4. The largest absolute Gasteiger partial charge is 0.501 e. The van der Waals surface area contributed by atoms with E-state index in [2.05, 4.69) is 4.98 Å². The Morgan fingerprint density at radius 1 is 1.21 bits per heavy atom. The summed E-state index contributed by atoms with van der Waals surface area (Å²) < 4.78 is 19.3. The molecule has 1 unspecified atom stereocenters. The van der Waals surface area contributed by atoms with Crippen molar-refractivity contribution in [3.05, 3.63) is 58.0 Å². The first kappa shape index (κ1) is 21.1. The molecule has 2 N–H and O–H groups in total. The number of nitrogens with zero attached hydrogens (tertiary/aromatic N) is 3. The van der Waals surface area contributed by atoms with Crippen molar-refractivity contribution in [3.63, 3.8) is 0 Å². The average Bonchev–Trinajstić information content (AvgIpc) is 2.71. The molecule has 2 aromatic rings. The van der Waals surface area contributed by atoms with E-state index >= 15 is 0 Å². The molecule has 0 radical (unpaired) electrons. The van der Waals surface area contributed by atoms with Gasteiger partial charge in [-0.1, -0.05) is 12.1 Å². The normalized spacial score (nSPS) is 15.9. The van der Waals surface area contributed by atoms with Crippen molar-refractivity contribution in [2.45, 2.75) is 25.5 Å². The number of hydrogen-bond acceptors (Lipinski definition) is 7. The van der Waals surface area contributed by atoms with Gasteiger partial charge in [-0.2, -0.15) is 0 Å². The van der Waals surface area contributed by atoms with Crippen LogP contribution in [0.15, 0.2) is 35.4 Å². The maximum Gasteiger partial charge on any atom is 0.296 e. The quantitative estimate of drug-likeness (QED) is 0.620. The highest BCUT2D eigenvalue weighted by Gasteiger charge is 2.20. The van der Waals surface area contributed by atoms with Crippen LogP contribution in [0.5, 0.6) is 5.75 Å². The number of ketones is 1. The molecule has 0 bridgehead atoms. The number of benzene rings is 1. The van der Waals surface area contributed by atoms with Crippen LogP contribution in [0.1, 0.15) is 22.5 Å². The Hall–Kier alpha value is -2.62. The lowest BCUT2D eigenvalue weighted by Crippen LogP contribution is -2.42. The van der Waals surface area contributed by atoms with Crippen LogP contribution < -0.4 is 5.56 Å². The molecule has 156 valence electrons. The van der Waals surface area contributed by atoms with Gasteiger partial charge in [-0.15, -0.1) is 0 Å². The van der Waals surface area contributed by atoms with Crippen molar-refractivity contribution in [2.24, 2.45) is 0 Å². The molecule has 1 aromatic carbocycles. The number of aromatic hydroxyl groups is 1. The van der Waals surface area contributed by atoms with Crippen LogP contribution in [0.2, 0.25) is 0 Å². The van der Waals surface area contributed by atoms with Gasteiger partial charge in [0.1, 0.15) is 5.82 Å². The molecule has 29 heavy (non-hydrogen) atoms. The van der Waals surface area contributed by atoms with Crippen molar-refractivity contribution >= 4 is 5.78 Å². The SMILES string of the molecule is O=C(CCc1ccc(F)cc1)c1ncn(CC(O)CN2CCOCC2)c(=O)c1O. The summed E-state index contributed by atoms with van der Waals surface area (Å²) in [5.41, 5.74) is -0.305. The van der Waals surface area contributed by atoms with Crippen molar-refractivity contribution in [1.82, 2.24) is 14.5 Å². The molecule has 0 aliphatic carbocycles. The average molecular weight is 405 g/mol. The Morgan fingerprint density at radius 3 is 2.59 bits per heavy atom. The molecule has 1 aliphatic rings. The van der Waals surface area contributed by atoms with Crippen molar-refractivity contribution in [2.75, 3.05) is 32.8 Å². The highest BCUT2D eigenvalue weighted by Crippen LogP contribution is 2.13. The second-order valence-corrected chi connectivity index (χ2v) is 7.02. The number of carbonyl (C=O) groups is 1. The van der Waals surface area contributed by atoms with Gasteiger partial charge in [0.05, 0.1) is 32.2 Å². The van der Waals surface area contributed by atoms with Gasteiger partial charge in [0.2, 0.25) is 5.75 Å². The van der Waals surface area contributed by atoms with E-state index in [1.807, 2.05) is 4.90 Å². The summed E-state index contributed by atoms with van der Waals surface area (Å²) in [6.45, 7) is 2.94. The molecule has 1 saturated heterocycles. The van der Waals surface area contributed by atoms with Crippen LogP contribution in [0.25, 0.3) is 0 Å². The number of ether oxygens (including phenoxy) is 1. The van der Waals surface area contributed by atoms with Crippen molar-refractivity contribution < 1.29 is 24.1 Å². The van der Waals surface area contributed by atoms with E-state index < -0.39 is 23.2 Å². The first-order chi connectivity index (χ1) is 13.9. The molecule has 3 rings (SSSR count). The van der Waals surface area contributed by atoms with E-state index in [9.17, 15) is 24.2 Å². The predicted octanol–water partition coefficient (Wildman–Crippen LogP) is 0.597. The van der Waals surface area contributed by atoms with Gasteiger partial charge < -0.3 is 14.9 Å². The molecule has 0 saturated carbocycles. The van der Waals surface area contributed by atoms with E-state index in [0.29, 0.717) is 39.3 Å². The fourth-order valence-electron chi connectivity index (χ4n) is 3.21. The van der Waals surface area contributed by atoms with Gasteiger partial charge in [0.15, 0.2) is 11.5 Å². The minimum Gasteiger partial charge on any atom is -0.501 e. The van der Waals surface area contributed by atoms with Gasteiger partial charge in [-0.05, 0) is 24.1 Å². The lowest BCUT2D eigenvalue weighted by atomic mass is 10.1. The maximum atomic E-state index is 12.9. The number of carbonyl (C=O) groups excluding carboxylic acids is 1. The number of rotatable bonds is 8. The molecule has 0 amide bonds. The van der Waals surface area contributed by atoms with Gasteiger partial charge in [-0.3, -0.25) is 19.1 Å². The predicted molar refractivity (Wildman–Crippen MR) is 102 cm³/mol. The number of halogens is 1. The second-order valence-electron chi connectivity index (χ2n) is 7.02. The molecule has 1 atom stereocenters. The lowest BCUT2D eigenvalue weighted by molar-refractivity contribution is 0.0112. The number of Topliss-reactive ketones (excluding diaryl/α,β-unsaturated/α-hetero) is 1. The molecule has 0 spiro atoms. The summed E-state index contributed by atoms with van der Waals surface area (Å²) in [6, 6.07) is 5.76. The van der Waals surface area contributed by atoms with Crippen LogP contribution >= 0.6 is 0 Å². The molecule has 1 fully saturated rings. The fourth-order valence-corrected chi connectivity index (χ4v) is 3.21. The van der Waals surface area contributed by atoms with E-state index in [-0.39, 0.29) is 24.5 Å². The molecular weight excluding hydrogens is 381 g/mol. The molecular formula is C20H24FN3O5. The first-order valence-corrected chi connectivity index (χ1v) is 9.48.